The molecular weight excluding hydrogens is 309 g/mol. The summed E-state index contributed by atoms with van der Waals surface area (Å²) in [6.07, 6.45) is 0.0510. The first-order valence-electron chi connectivity index (χ1n) is 7.30. The summed E-state index contributed by atoms with van der Waals surface area (Å²) >= 11 is 0. The van der Waals surface area contributed by atoms with Gasteiger partial charge in [0.25, 0.3) is 0 Å². The molecule has 6 heteroatoms. The molecule has 2 rings (SSSR count). The van der Waals surface area contributed by atoms with E-state index in [9.17, 15) is 14.0 Å². The Balaban J connectivity index is 2.07. The van der Waals surface area contributed by atoms with E-state index in [0.29, 0.717) is 16.7 Å². The van der Waals surface area contributed by atoms with Crippen LogP contribution in [0.4, 0.5) is 4.39 Å². The second-order valence-corrected chi connectivity index (χ2v) is 5.30. The number of nitrogens with one attached hydrogen (secondary N) is 1. The molecule has 5 nitrogen and oxygen atoms in total. The number of nitriles is 1. The highest BCUT2D eigenvalue weighted by Gasteiger charge is 2.20. The third-order valence-corrected chi connectivity index (χ3v) is 3.49. The van der Waals surface area contributed by atoms with Crippen LogP contribution in [0.2, 0.25) is 0 Å². The lowest BCUT2D eigenvalue weighted by molar-refractivity contribution is -0.127. The lowest BCUT2D eigenvalue weighted by atomic mass is 10.00. The van der Waals surface area contributed by atoms with Crippen LogP contribution in [0.5, 0.6) is 0 Å². The van der Waals surface area contributed by atoms with Crippen LogP contribution in [0.15, 0.2) is 48.5 Å². The van der Waals surface area contributed by atoms with Crippen LogP contribution in [0.25, 0.3) is 0 Å². The molecule has 0 bridgehead atoms. The fraction of sp³-hybridized carbons (Fsp3) is 0.167. The molecule has 24 heavy (non-hydrogen) atoms. The average molecular weight is 325 g/mol. The monoisotopic (exact) mass is 325 g/mol. The normalized spacial score (nSPS) is 11.3. The summed E-state index contributed by atoms with van der Waals surface area (Å²) < 4.78 is 13.1. The van der Waals surface area contributed by atoms with Gasteiger partial charge in [-0.25, -0.2) is 4.39 Å². The molecule has 0 aliphatic carbocycles. The maximum absolute atomic E-state index is 13.1. The Kier molecular flexibility index (Phi) is 5.63. The predicted molar refractivity (Wildman–Crippen MR) is 86.1 cm³/mol. The van der Waals surface area contributed by atoms with Gasteiger partial charge in [0, 0.05) is 6.42 Å². The molecule has 0 spiro atoms. The Morgan fingerprint density at radius 2 is 1.96 bits per heavy atom. The zero-order chi connectivity index (χ0) is 17.5. The average Bonchev–Trinajstić information content (AvgIpc) is 2.54. The van der Waals surface area contributed by atoms with Crippen molar-refractivity contribution in [2.75, 3.05) is 0 Å². The van der Waals surface area contributed by atoms with Gasteiger partial charge in [0.2, 0.25) is 11.8 Å². The number of nitrogens with zero attached hydrogens (tertiary/aromatic N) is 1. The number of rotatable bonds is 6. The standard InChI is InChI=1S/C18H16FN3O2/c19-15-7-3-4-12(8-15)9-17(23)22-16(18(21)24)10-13-5-1-2-6-14(13)11-20/h1-8,16H,9-10H2,(H2,21,24)(H,22,23)/t16-/m1/s1. The van der Waals surface area contributed by atoms with E-state index in [2.05, 4.69) is 5.32 Å². The number of benzene rings is 2. The summed E-state index contributed by atoms with van der Waals surface area (Å²) in [6, 6.07) is 13.5. The third-order valence-electron chi connectivity index (χ3n) is 3.49. The van der Waals surface area contributed by atoms with Gasteiger partial charge in [-0.2, -0.15) is 5.26 Å². The number of amides is 2. The lowest BCUT2D eigenvalue weighted by Crippen LogP contribution is -2.46. The highest BCUT2D eigenvalue weighted by atomic mass is 19.1. The van der Waals surface area contributed by atoms with Gasteiger partial charge < -0.3 is 11.1 Å². The Bertz CT molecular complexity index is 799. The number of hydrogen-bond acceptors (Lipinski definition) is 3. The first-order valence-corrected chi connectivity index (χ1v) is 7.30. The van der Waals surface area contributed by atoms with Crippen molar-refractivity contribution >= 4 is 11.8 Å². The van der Waals surface area contributed by atoms with Crippen molar-refractivity contribution < 1.29 is 14.0 Å². The summed E-state index contributed by atoms with van der Waals surface area (Å²) in [6.45, 7) is 0. The highest BCUT2D eigenvalue weighted by molar-refractivity contribution is 5.87. The van der Waals surface area contributed by atoms with Gasteiger partial charge >= 0.3 is 0 Å². The fourth-order valence-electron chi connectivity index (χ4n) is 2.33. The molecule has 122 valence electrons. The summed E-state index contributed by atoms with van der Waals surface area (Å²) in [4.78, 5) is 23.7. The molecule has 1 atom stereocenters. The Labute approximate surface area is 138 Å². The Morgan fingerprint density at radius 1 is 1.21 bits per heavy atom. The molecular formula is C18H16FN3O2. The molecule has 0 saturated carbocycles. The number of halogens is 1. The van der Waals surface area contributed by atoms with E-state index < -0.39 is 23.7 Å². The van der Waals surface area contributed by atoms with E-state index in [-0.39, 0.29) is 12.8 Å². The summed E-state index contributed by atoms with van der Waals surface area (Å²) in [5.41, 5.74) is 6.88. The zero-order valence-corrected chi connectivity index (χ0v) is 12.8. The third kappa shape index (κ3) is 4.65. The Hall–Kier alpha value is -3.20. The molecule has 0 aliphatic rings. The second kappa shape index (κ2) is 7.88. The van der Waals surface area contributed by atoms with Crippen LogP contribution >= 0.6 is 0 Å². The predicted octanol–water partition coefficient (Wildman–Crippen LogP) is 1.45. The number of carbonyl (C=O) groups excluding carboxylic acids is 2. The summed E-state index contributed by atoms with van der Waals surface area (Å²) in [7, 11) is 0. The molecule has 3 N–H and O–H groups in total. The van der Waals surface area contributed by atoms with E-state index in [0.717, 1.165) is 0 Å². The molecule has 2 amide bonds. The molecule has 0 aliphatic heterocycles. The maximum Gasteiger partial charge on any atom is 0.240 e. The maximum atomic E-state index is 13.1. The number of nitrogens with two attached hydrogens (primary N) is 1. The Morgan fingerprint density at radius 3 is 2.62 bits per heavy atom. The summed E-state index contributed by atoms with van der Waals surface area (Å²) in [5.74, 6) is -1.58. The van der Waals surface area contributed by atoms with Crippen molar-refractivity contribution in [1.82, 2.24) is 5.32 Å². The van der Waals surface area contributed by atoms with Gasteiger partial charge in [-0.15, -0.1) is 0 Å². The van der Waals surface area contributed by atoms with Crippen molar-refractivity contribution in [1.29, 1.82) is 5.26 Å². The number of hydrogen-bond donors (Lipinski definition) is 2. The highest BCUT2D eigenvalue weighted by Crippen LogP contribution is 2.11. The first-order chi connectivity index (χ1) is 11.5. The minimum absolute atomic E-state index is 0.0680. The van der Waals surface area contributed by atoms with Gasteiger partial charge in [-0.1, -0.05) is 30.3 Å². The topological polar surface area (TPSA) is 96.0 Å². The molecule has 0 heterocycles. The van der Waals surface area contributed by atoms with Crippen molar-refractivity contribution in [2.45, 2.75) is 18.9 Å². The van der Waals surface area contributed by atoms with Gasteiger partial charge in [0.15, 0.2) is 0 Å². The van der Waals surface area contributed by atoms with Crippen LogP contribution in [0, 0.1) is 17.1 Å². The number of primary amides is 1. The van der Waals surface area contributed by atoms with Crippen LogP contribution in [0.1, 0.15) is 16.7 Å². The van der Waals surface area contributed by atoms with E-state index in [1.807, 2.05) is 6.07 Å². The van der Waals surface area contributed by atoms with Crippen molar-refractivity contribution in [3.05, 3.63) is 71.0 Å². The minimum atomic E-state index is -0.944. The lowest BCUT2D eigenvalue weighted by Gasteiger charge is -2.16. The summed E-state index contributed by atoms with van der Waals surface area (Å²) in [5, 5.41) is 11.6. The second-order valence-electron chi connectivity index (χ2n) is 5.30. The molecule has 2 aromatic carbocycles. The smallest absolute Gasteiger partial charge is 0.240 e. The van der Waals surface area contributed by atoms with Gasteiger partial charge in [-0.05, 0) is 29.3 Å². The van der Waals surface area contributed by atoms with E-state index in [1.54, 1.807) is 30.3 Å². The minimum Gasteiger partial charge on any atom is -0.368 e. The quantitative estimate of drug-likeness (QED) is 0.841. The van der Waals surface area contributed by atoms with Crippen LogP contribution < -0.4 is 11.1 Å². The SMILES string of the molecule is N#Cc1ccccc1C[C@@H](NC(=O)Cc1cccc(F)c1)C(N)=O. The van der Waals surface area contributed by atoms with Crippen molar-refractivity contribution in [3.63, 3.8) is 0 Å². The van der Waals surface area contributed by atoms with Gasteiger partial charge in [0.1, 0.15) is 11.9 Å². The van der Waals surface area contributed by atoms with Crippen molar-refractivity contribution in [2.24, 2.45) is 5.73 Å². The molecule has 0 unspecified atom stereocenters. The number of carbonyl (C=O) groups is 2. The largest absolute Gasteiger partial charge is 0.368 e. The fourth-order valence-corrected chi connectivity index (χ4v) is 2.33. The van der Waals surface area contributed by atoms with Gasteiger partial charge in [0.05, 0.1) is 18.1 Å². The molecule has 0 radical (unpaired) electrons. The van der Waals surface area contributed by atoms with E-state index in [1.165, 1.54) is 18.2 Å². The van der Waals surface area contributed by atoms with Crippen molar-refractivity contribution in [3.8, 4) is 6.07 Å². The van der Waals surface area contributed by atoms with E-state index in [4.69, 9.17) is 11.0 Å². The van der Waals surface area contributed by atoms with Crippen LogP contribution in [0.3, 0.4) is 0 Å². The first kappa shape index (κ1) is 17.2. The zero-order valence-electron chi connectivity index (χ0n) is 12.8. The molecule has 2 aromatic rings. The van der Waals surface area contributed by atoms with E-state index >= 15 is 0 Å². The van der Waals surface area contributed by atoms with Crippen LogP contribution in [-0.2, 0) is 22.4 Å². The van der Waals surface area contributed by atoms with Crippen LogP contribution in [-0.4, -0.2) is 17.9 Å². The molecule has 0 aromatic heterocycles. The molecule has 0 fully saturated rings. The molecule has 0 saturated heterocycles. The van der Waals surface area contributed by atoms with Gasteiger partial charge in [-0.3, -0.25) is 9.59 Å².